The monoisotopic (exact) mass is 185 g/mol. The number of ether oxygens (including phenoxy) is 1. The summed E-state index contributed by atoms with van der Waals surface area (Å²) in [5.74, 6) is 1.36. The molecule has 0 unspecified atom stereocenters. The first kappa shape index (κ1) is 10.1. The van der Waals surface area contributed by atoms with E-state index in [1.165, 1.54) is 0 Å². The van der Waals surface area contributed by atoms with Gasteiger partial charge >= 0.3 is 0 Å². The van der Waals surface area contributed by atoms with E-state index in [1.54, 1.807) is 7.11 Å². The first-order valence-electron chi connectivity index (χ1n) is 4.37. The minimum atomic E-state index is 0.553. The molecule has 0 aliphatic rings. The van der Waals surface area contributed by atoms with Crippen LogP contribution in [0.25, 0.3) is 0 Å². The quantitative estimate of drug-likeness (QED) is 0.638. The van der Waals surface area contributed by atoms with Gasteiger partial charge in [0.15, 0.2) is 5.82 Å². The van der Waals surface area contributed by atoms with Gasteiger partial charge in [-0.1, -0.05) is 5.16 Å². The molecule has 1 heterocycles. The van der Waals surface area contributed by atoms with Crippen molar-refractivity contribution in [2.24, 2.45) is 5.73 Å². The molecule has 0 atom stereocenters. The summed E-state index contributed by atoms with van der Waals surface area (Å²) in [7, 11) is 1.67. The van der Waals surface area contributed by atoms with Crippen molar-refractivity contribution >= 4 is 0 Å². The van der Waals surface area contributed by atoms with E-state index in [1.807, 2.05) is 0 Å². The Hall–Kier alpha value is -0.940. The third-order valence-electron chi connectivity index (χ3n) is 1.62. The SMILES string of the molecule is COCCCc1nc(CCN)no1. The van der Waals surface area contributed by atoms with Crippen LogP contribution in [-0.2, 0) is 17.6 Å². The molecule has 0 saturated carbocycles. The van der Waals surface area contributed by atoms with Gasteiger partial charge in [-0.2, -0.15) is 4.98 Å². The summed E-state index contributed by atoms with van der Waals surface area (Å²) in [6.07, 6.45) is 2.35. The maximum Gasteiger partial charge on any atom is 0.226 e. The molecule has 1 aromatic heterocycles. The standard InChI is InChI=1S/C8H15N3O2/c1-12-6-2-3-8-10-7(4-5-9)11-13-8/h2-6,9H2,1H3. The second-order valence-electron chi connectivity index (χ2n) is 2.74. The Morgan fingerprint density at radius 1 is 1.46 bits per heavy atom. The molecule has 0 amide bonds. The number of aromatic nitrogens is 2. The lowest BCUT2D eigenvalue weighted by Crippen LogP contribution is -2.04. The van der Waals surface area contributed by atoms with Gasteiger partial charge in [-0.05, 0) is 13.0 Å². The summed E-state index contributed by atoms with van der Waals surface area (Å²) in [6.45, 7) is 1.27. The predicted octanol–water partition coefficient (Wildman–Crippen LogP) is 0.150. The molecule has 0 aliphatic carbocycles. The van der Waals surface area contributed by atoms with E-state index in [0.29, 0.717) is 31.3 Å². The summed E-state index contributed by atoms with van der Waals surface area (Å²) in [4.78, 5) is 4.16. The summed E-state index contributed by atoms with van der Waals surface area (Å²) in [5.41, 5.74) is 5.35. The Labute approximate surface area is 77.3 Å². The summed E-state index contributed by atoms with van der Waals surface area (Å²) in [6, 6.07) is 0. The van der Waals surface area contributed by atoms with Crippen LogP contribution in [0.4, 0.5) is 0 Å². The van der Waals surface area contributed by atoms with Crippen molar-refractivity contribution < 1.29 is 9.26 Å². The highest BCUT2D eigenvalue weighted by atomic mass is 16.5. The van der Waals surface area contributed by atoms with Gasteiger partial charge in [0.1, 0.15) is 0 Å². The fourth-order valence-corrected chi connectivity index (χ4v) is 0.990. The van der Waals surface area contributed by atoms with Gasteiger partial charge < -0.3 is 15.0 Å². The zero-order valence-corrected chi connectivity index (χ0v) is 7.82. The number of hydrogen-bond donors (Lipinski definition) is 1. The Bertz CT molecular complexity index is 237. The number of nitrogens with zero attached hydrogens (tertiary/aromatic N) is 2. The molecule has 0 spiro atoms. The van der Waals surface area contributed by atoms with Crippen LogP contribution < -0.4 is 5.73 Å². The highest BCUT2D eigenvalue weighted by Gasteiger charge is 2.04. The van der Waals surface area contributed by atoms with Crippen LogP contribution in [0.3, 0.4) is 0 Å². The van der Waals surface area contributed by atoms with Crippen molar-refractivity contribution in [3.05, 3.63) is 11.7 Å². The molecule has 5 nitrogen and oxygen atoms in total. The van der Waals surface area contributed by atoms with Crippen molar-refractivity contribution in [3.8, 4) is 0 Å². The van der Waals surface area contributed by atoms with Gasteiger partial charge in [-0.3, -0.25) is 0 Å². The van der Waals surface area contributed by atoms with Crippen LogP contribution in [-0.4, -0.2) is 30.4 Å². The van der Waals surface area contributed by atoms with Gasteiger partial charge in [-0.25, -0.2) is 0 Å². The molecule has 5 heteroatoms. The lowest BCUT2D eigenvalue weighted by molar-refractivity contribution is 0.192. The molecule has 0 saturated heterocycles. The highest BCUT2D eigenvalue weighted by Crippen LogP contribution is 2.01. The van der Waals surface area contributed by atoms with Crippen molar-refractivity contribution in [2.75, 3.05) is 20.3 Å². The van der Waals surface area contributed by atoms with Gasteiger partial charge in [0, 0.05) is 26.6 Å². The van der Waals surface area contributed by atoms with Crippen LogP contribution in [0.15, 0.2) is 4.52 Å². The van der Waals surface area contributed by atoms with Crippen molar-refractivity contribution in [2.45, 2.75) is 19.3 Å². The number of aryl methyl sites for hydroxylation is 1. The summed E-state index contributed by atoms with van der Waals surface area (Å²) in [5, 5.41) is 3.78. The average molecular weight is 185 g/mol. The second-order valence-corrected chi connectivity index (χ2v) is 2.74. The Kier molecular flexibility index (Phi) is 4.42. The number of nitrogens with two attached hydrogens (primary N) is 1. The third-order valence-corrected chi connectivity index (χ3v) is 1.62. The topological polar surface area (TPSA) is 74.2 Å². The minimum absolute atomic E-state index is 0.553. The van der Waals surface area contributed by atoms with Crippen LogP contribution in [0, 0.1) is 0 Å². The van der Waals surface area contributed by atoms with Crippen LogP contribution >= 0.6 is 0 Å². The maximum atomic E-state index is 5.35. The molecule has 1 rings (SSSR count). The number of rotatable bonds is 6. The summed E-state index contributed by atoms with van der Waals surface area (Å²) >= 11 is 0. The zero-order chi connectivity index (χ0) is 9.52. The fraction of sp³-hybridized carbons (Fsp3) is 0.750. The first-order chi connectivity index (χ1) is 6.36. The first-order valence-corrected chi connectivity index (χ1v) is 4.37. The average Bonchev–Trinajstić information content (AvgIpc) is 2.54. The minimum Gasteiger partial charge on any atom is -0.385 e. The molecule has 0 radical (unpaired) electrons. The molecule has 74 valence electrons. The van der Waals surface area contributed by atoms with E-state index in [9.17, 15) is 0 Å². The molecule has 2 N–H and O–H groups in total. The van der Waals surface area contributed by atoms with E-state index < -0.39 is 0 Å². The molecular formula is C8H15N3O2. The fourth-order valence-electron chi connectivity index (χ4n) is 0.990. The largest absolute Gasteiger partial charge is 0.385 e. The molecule has 0 aromatic carbocycles. The number of methoxy groups -OCH3 is 1. The van der Waals surface area contributed by atoms with Gasteiger partial charge in [-0.15, -0.1) is 0 Å². The van der Waals surface area contributed by atoms with E-state index >= 15 is 0 Å². The third kappa shape index (κ3) is 3.52. The molecule has 13 heavy (non-hydrogen) atoms. The van der Waals surface area contributed by atoms with Gasteiger partial charge in [0.25, 0.3) is 0 Å². The molecule has 0 aliphatic heterocycles. The molecule has 1 aromatic rings. The highest BCUT2D eigenvalue weighted by molar-refractivity contribution is 4.86. The Balaban J connectivity index is 2.31. The van der Waals surface area contributed by atoms with Crippen LogP contribution in [0.5, 0.6) is 0 Å². The van der Waals surface area contributed by atoms with Crippen molar-refractivity contribution in [3.63, 3.8) is 0 Å². The van der Waals surface area contributed by atoms with Crippen LogP contribution in [0.1, 0.15) is 18.1 Å². The number of hydrogen-bond acceptors (Lipinski definition) is 5. The van der Waals surface area contributed by atoms with Crippen molar-refractivity contribution in [1.29, 1.82) is 0 Å². The summed E-state index contributed by atoms with van der Waals surface area (Å²) < 4.78 is 9.90. The zero-order valence-electron chi connectivity index (χ0n) is 7.82. The van der Waals surface area contributed by atoms with Crippen molar-refractivity contribution in [1.82, 2.24) is 10.1 Å². The van der Waals surface area contributed by atoms with E-state index in [4.69, 9.17) is 15.0 Å². The molecule has 0 fully saturated rings. The normalized spacial score (nSPS) is 10.6. The second kappa shape index (κ2) is 5.66. The van der Waals surface area contributed by atoms with Gasteiger partial charge in [0.2, 0.25) is 5.89 Å². The van der Waals surface area contributed by atoms with E-state index in [-0.39, 0.29) is 0 Å². The van der Waals surface area contributed by atoms with Crippen LogP contribution in [0.2, 0.25) is 0 Å². The lowest BCUT2D eigenvalue weighted by atomic mass is 10.3. The lowest BCUT2D eigenvalue weighted by Gasteiger charge is -1.93. The van der Waals surface area contributed by atoms with Gasteiger partial charge in [0.05, 0.1) is 0 Å². The molecule has 0 bridgehead atoms. The predicted molar refractivity (Wildman–Crippen MR) is 47.3 cm³/mol. The smallest absolute Gasteiger partial charge is 0.226 e. The molecular weight excluding hydrogens is 170 g/mol. The Morgan fingerprint density at radius 2 is 2.31 bits per heavy atom. The maximum absolute atomic E-state index is 5.35. The Morgan fingerprint density at radius 3 is 3.00 bits per heavy atom. The van der Waals surface area contributed by atoms with E-state index in [0.717, 1.165) is 12.8 Å². The van der Waals surface area contributed by atoms with E-state index in [2.05, 4.69) is 10.1 Å².